The number of aliphatic hydroxyl groups excluding tert-OH is 2. The van der Waals surface area contributed by atoms with Gasteiger partial charge in [0.15, 0.2) is 0 Å². The summed E-state index contributed by atoms with van der Waals surface area (Å²) in [6, 6.07) is -0.638. The normalized spacial score (nSPS) is 13.7. The number of amides is 1. The Balaban J connectivity index is 3.77. The molecule has 0 rings (SSSR count). The number of hydrogen-bond acceptors (Lipinski definition) is 3. The van der Waals surface area contributed by atoms with E-state index in [9.17, 15) is 15.0 Å². The molecule has 0 saturated heterocycles. The molecule has 3 N–H and O–H groups in total. The molecule has 0 fully saturated rings. The van der Waals surface area contributed by atoms with Gasteiger partial charge >= 0.3 is 0 Å². The minimum Gasteiger partial charge on any atom is -0.394 e. The van der Waals surface area contributed by atoms with E-state index < -0.39 is 12.1 Å². The maximum Gasteiger partial charge on any atom is 0.220 e. The van der Waals surface area contributed by atoms with Gasteiger partial charge < -0.3 is 15.5 Å². The molecule has 1 amide bonds. The van der Waals surface area contributed by atoms with E-state index in [1.807, 2.05) is 6.08 Å². The van der Waals surface area contributed by atoms with Gasteiger partial charge in [0.25, 0.3) is 0 Å². The highest BCUT2D eigenvalue weighted by Gasteiger charge is 2.17. The molecule has 0 saturated carbocycles. The summed E-state index contributed by atoms with van der Waals surface area (Å²) in [6.45, 7) is 4.23. The minimum absolute atomic E-state index is 0.0830. The third-order valence-electron chi connectivity index (χ3n) is 6.85. The summed E-state index contributed by atoms with van der Waals surface area (Å²) in [5.74, 6) is -0.0830. The predicted molar refractivity (Wildman–Crippen MR) is 161 cm³/mol. The van der Waals surface area contributed by atoms with Crippen LogP contribution >= 0.6 is 0 Å². The summed E-state index contributed by atoms with van der Waals surface area (Å²) in [7, 11) is 0. The second kappa shape index (κ2) is 29.2. The third kappa shape index (κ3) is 26.0. The first-order valence-corrected chi connectivity index (χ1v) is 15.7. The predicted octanol–water partition coefficient (Wildman–Crippen LogP) is 8.72. The SMILES string of the molecule is CCCCCC/C=C/CC/C=C/CC/C=C/C(O)C(CO)NC(=O)CCCCCCCCCCCCC. The largest absolute Gasteiger partial charge is 0.394 e. The third-order valence-corrected chi connectivity index (χ3v) is 6.85. The summed E-state index contributed by atoms with van der Waals surface area (Å²) in [4.78, 5) is 12.2. The fourth-order valence-corrected chi connectivity index (χ4v) is 4.38. The van der Waals surface area contributed by atoms with Crippen LogP contribution < -0.4 is 5.32 Å². The molecule has 2 unspecified atom stereocenters. The molecule has 4 nitrogen and oxygen atoms in total. The van der Waals surface area contributed by atoms with E-state index in [0.717, 1.165) is 38.5 Å². The monoisotopic (exact) mass is 519 g/mol. The van der Waals surface area contributed by atoms with Crippen LogP contribution in [0.3, 0.4) is 0 Å². The van der Waals surface area contributed by atoms with Crippen molar-refractivity contribution in [3.8, 4) is 0 Å². The lowest BCUT2D eigenvalue weighted by Gasteiger charge is -2.19. The maximum absolute atomic E-state index is 12.2. The van der Waals surface area contributed by atoms with Gasteiger partial charge in [0, 0.05) is 6.42 Å². The second-order valence-electron chi connectivity index (χ2n) is 10.5. The first-order chi connectivity index (χ1) is 18.2. The van der Waals surface area contributed by atoms with Gasteiger partial charge in [0.05, 0.1) is 18.8 Å². The molecule has 37 heavy (non-hydrogen) atoms. The standard InChI is InChI=1S/C33H61NO3/c1-3-5-7-9-11-13-15-16-17-19-20-22-24-26-28-32(36)31(30-35)34-33(37)29-27-25-23-21-18-14-12-10-8-6-4-2/h13,15,19-20,26,28,31-32,35-36H,3-12,14,16-18,21-25,27,29-30H2,1-2H3,(H,34,37)/b15-13+,20-19+,28-26+. The summed E-state index contributed by atoms with van der Waals surface area (Å²) in [5.41, 5.74) is 0. The molecule has 0 bridgehead atoms. The van der Waals surface area contributed by atoms with Gasteiger partial charge in [0.1, 0.15) is 0 Å². The molecule has 0 spiro atoms. The van der Waals surface area contributed by atoms with Crippen molar-refractivity contribution in [3.63, 3.8) is 0 Å². The van der Waals surface area contributed by atoms with Crippen LogP contribution in [0.15, 0.2) is 36.5 Å². The highest BCUT2D eigenvalue weighted by molar-refractivity contribution is 5.76. The molecule has 0 aromatic heterocycles. The quantitative estimate of drug-likeness (QED) is 0.0750. The van der Waals surface area contributed by atoms with E-state index >= 15 is 0 Å². The molecule has 216 valence electrons. The number of allylic oxidation sites excluding steroid dienone is 5. The molecule has 4 heteroatoms. The smallest absolute Gasteiger partial charge is 0.220 e. The van der Waals surface area contributed by atoms with E-state index in [2.05, 4.69) is 43.5 Å². The molecule has 0 aromatic rings. The van der Waals surface area contributed by atoms with Crippen LogP contribution in [-0.4, -0.2) is 34.9 Å². The molecule has 0 aliphatic carbocycles. The fourth-order valence-electron chi connectivity index (χ4n) is 4.38. The van der Waals surface area contributed by atoms with Crippen LogP contribution in [0, 0.1) is 0 Å². The van der Waals surface area contributed by atoms with E-state index in [-0.39, 0.29) is 12.5 Å². The number of hydrogen-bond donors (Lipinski definition) is 3. The number of carbonyl (C=O) groups excluding carboxylic acids is 1. The Kier molecular flexibility index (Phi) is 28.1. The van der Waals surface area contributed by atoms with Gasteiger partial charge in [-0.15, -0.1) is 0 Å². The second-order valence-corrected chi connectivity index (χ2v) is 10.5. The summed E-state index contributed by atoms with van der Waals surface area (Å²) in [6.07, 6.45) is 36.4. The lowest BCUT2D eigenvalue weighted by atomic mass is 10.0. The number of rotatable bonds is 27. The van der Waals surface area contributed by atoms with Crippen molar-refractivity contribution >= 4 is 5.91 Å². The summed E-state index contributed by atoms with van der Waals surface area (Å²) < 4.78 is 0. The Labute approximate surface area is 230 Å². The molecule has 0 aliphatic rings. The van der Waals surface area contributed by atoms with Crippen molar-refractivity contribution in [1.82, 2.24) is 5.32 Å². The van der Waals surface area contributed by atoms with Crippen LogP contribution in [0.1, 0.15) is 149 Å². The van der Waals surface area contributed by atoms with Crippen molar-refractivity contribution in [2.24, 2.45) is 0 Å². The van der Waals surface area contributed by atoms with E-state index in [1.54, 1.807) is 6.08 Å². The van der Waals surface area contributed by atoms with Gasteiger partial charge in [-0.3, -0.25) is 4.79 Å². The Hall–Kier alpha value is -1.39. The zero-order valence-electron chi connectivity index (χ0n) is 24.5. The van der Waals surface area contributed by atoms with E-state index in [1.165, 1.54) is 89.9 Å². The van der Waals surface area contributed by atoms with Crippen molar-refractivity contribution in [2.75, 3.05) is 6.61 Å². The Bertz CT molecular complexity index is 570. The van der Waals surface area contributed by atoms with Crippen LogP contribution in [0.2, 0.25) is 0 Å². The Morgan fingerprint density at radius 1 is 0.622 bits per heavy atom. The maximum atomic E-state index is 12.2. The number of unbranched alkanes of at least 4 members (excludes halogenated alkanes) is 16. The van der Waals surface area contributed by atoms with Gasteiger partial charge in [-0.05, 0) is 44.9 Å². The highest BCUT2D eigenvalue weighted by Crippen LogP contribution is 2.12. The number of carbonyl (C=O) groups is 1. The van der Waals surface area contributed by atoms with Crippen LogP contribution in [0.5, 0.6) is 0 Å². The molecule has 0 heterocycles. The van der Waals surface area contributed by atoms with Gasteiger partial charge in [-0.2, -0.15) is 0 Å². The Morgan fingerprint density at radius 2 is 1.05 bits per heavy atom. The van der Waals surface area contributed by atoms with Crippen LogP contribution in [0.25, 0.3) is 0 Å². The van der Waals surface area contributed by atoms with E-state index in [4.69, 9.17) is 0 Å². The minimum atomic E-state index is -0.863. The molecule has 0 aromatic carbocycles. The van der Waals surface area contributed by atoms with Gasteiger partial charge in [-0.1, -0.05) is 134 Å². The zero-order chi connectivity index (χ0) is 27.2. The van der Waals surface area contributed by atoms with Crippen LogP contribution in [-0.2, 0) is 4.79 Å². The van der Waals surface area contributed by atoms with Gasteiger partial charge in [-0.25, -0.2) is 0 Å². The first-order valence-electron chi connectivity index (χ1n) is 15.7. The molecule has 2 atom stereocenters. The fraction of sp³-hybridized carbons (Fsp3) is 0.788. The van der Waals surface area contributed by atoms with Crippen molar-refractivity contribution in [1.29, 1.82) is 0 Å². The lowest BCUT2D eigenvalue weighted by Crippen LogP contribution is -2.45. The number of aliphatic hydroxyl groups is 2. The average molecular weight is 520 g/mol. The van der Waals surface area contributed by atoms with Gasteiger partial charge in [0.2, 0.25) is 5.91 Å². The van der Waals surface area contributed by atoms with Crippen LogP contribution in [0.4, 0.5) is 0 Å². The lowest BCUT2D eigenvalue weighted by molar-refractivity contribution is -0.123. The average Bonchev–Trinajstić information content (AvgIpc) is 2.90. The van der Waals surface area contributed by atoms with Crippen molar-refractivity contribution < 1.29 is 15.0 Å². The highest BCUT2D eigenvalue weighted by atomic mass is 16.3. The molecule has 0 aliphatic heterocycles. The van der Waals surface area contributed by atoms with Crippen molar-refractivity contribution in [2.45, 2.75) is 161 Å². The first kappa shape index (κ1) is 35.6. The number of nitrogens with one attached hydrogen (secondary N) is 1. The summed E-state index contributed by atoms with van der Waals surface area (Å²) in [5, 5.41) is 22.7. The zero-order valence-corrected chi connectivity index (χ0v) is 24.5. The summed E-state index contributed by atoms with van der Waals surface area (Å²) >= 11 is 0. The Morgan fingerprint density at radius 3 is 1.57 bits per heavy atom. The topological polar surface area (TPSA) is 69.6 Å². The molecular formula is C33H61NO3. The molecule has 0 radical (unpaired) electrons. The van der Waals surface area contributed by atoms with E-state index in [0.29, 0.717) is 6.42 Å². The molecular weight excluding hydrogens is 458 g/mol. The van der Waals surface area contributed by atoms with Crippen molar-refractivity contribution in [3.05, 3.63) is 36.5 Å².